The lowest BCUT2D eigenvalue weighted by Gasteiger charge is -2.48. The maximum absolute atomic E-state index is 12.7. The van der Waals surface area contributed by atoms with Gasteiger partial charge in [0.1, 0.15) is 0 Å². The van der Waals surface area contributed by atoms with Gasteiger partial charge in [-0.25, -0.2) is 4.79 Å². The lowest BCUT2D eigenvalue weighted by molar-refractivity contribution is 0.106. The quantitative estimate of drug-likeness (QED) is 0.223. The molecule has 10 nitrogen and oxygen atoms in total. The van der Waals surface area contributed by atoms with Gasteiger partial charge in [0.05, 0.1) is 12.1 Å². The van der Waals surface area contributed by atoms with Crippen LogP contribution < -0.4 is 10.6 Å². The Morgan fingerprint density at radius 1 is 1.20 bits per heavy atom. The fraction of sp³-hybridized carbons (Fsp3) is 0.440. The Bertz CT molecular complexity index is 1370. The van der Waals surface area contributed by atoms with E-state index in [2.05, 4.69) is 67.5 Å². The van der Waals surface area contributed by atoms with E-state index in [4.69, 9.17) is 12.1 Å². The first kappa shape index (κ1) is 24.2. The molecule has 35 heavy (non-hydrogen) atoms. The molecule has 10 heteroatoms. The van der Waals surface area contributed by atoms with Crippen LogP contribution in [0.4, 0.5) is 11.6 Å². The number of rotatable bonds is 6. The summed E-state index contributed by atoms with van der Waals surface area (Å²) in [4.78, 5) is 32.6. The molecule has 0 aliphatic carbocycles. The Labute approximate surface area is 204 Å². The second-order valence-electron chi connectivity index (χ2n) is 8.99. The minimum atomic E-state index is -0.332. The first-order valence-electron chi connectivity index (χ1n) is 11.7. The zero-order valence-electron chi connectivity index (χ0n) is 20.5. The van der Waals surface area contributed by atoms with E-state index >= 15 is 0 Å². The van der Waals surface area contributed by atoms with Crippen molar-refractivity contribution in [1.82, 2.24) is 19.4 Å². The zero-order chi connectivity index (χ0) is 25.1. The summed E-state index contributed by atoms with van der Waals surface area (Å²) in [6.07, 6.45) is 0.937. The number of pyridine rings is 1. The molecule has 1 aromatic carbocycles. The molecule has 4 rings (SSSR count). The van der Waals surface area contributed by atoms with Crippen molar-refractivity contribution in [2.24, 2.45) is 12.2 Å². The van der Waals surface area contributed by atoms with Crippen molar-refractivity contribution in [1.29, 1.82) is 0 Å². The monoisotopic (exact) mass is 471 g/mol. The molecule has 0 saturated carbocycles. The molecule has 0 radical (unpaired) electrons. The number of nitrogens with zero attached hydrogens (tertiary/aromatic N) is 9. The average molecular weight is 472 g/mol. The van der Waals surface area contributed by atoms with Crippen LogP contribution in [-0.2, 0) is 13.6 Å². The van der Waals surface area contributed by atoms with Crippen molar-refractivity contribution in [3.63, 3.8) is 0 Å². The van der Waals surface area contributed by atoms with Crippen molar-refractivity contribution in [2.75, 3.05) is 18.0 Å². The predicted molar refractivity (Wildman–Crippen MR) is 136 cm³/mol. The molecular weight excluding hydrogens is 442 g/mol. The molecule has 1 unspecified atom stereocenters. The third-order valence-electron chi connectivity index (χ3n) is 6.94. The maximum atomic E-state index is 12.7. The summed E-state index contributed by atoms with van der Waals surface area (Å²) in [5.41, 5.74) is 11.7. The van der Waals surface area contributed by atoms with Crippen molar-refractivity contribution in [2.45, 2.75) is 51.9 Å². The number of azide groups is 1. The van der Waals surface area contributed by atoms with E-state index in [9.17, 15) is 4.79 Å². The van der Waals surface area contributed by atoms with Gasteiger partial charge in [0.15, 0.2) is 5.82 Å². The highest BCUT2D eigenvalue weighted by Gasteiger charge is 2.36. The molecule has 180 valence electrons. The summed E-state index contributed by atoms with van der Waals surface area (Å²) in [5, 5.41) is 3.64. The Morgan fingerprint density at radius 2 is 1.94 bits per heavy atom. The van der Waals surface area contributed by atoms with E-state index in [-0.39, 0.29) is 29.6 Å². The number of piperazine rings is 1. The third-order valence-corrected chi connectivity index (χ3v) is 6.94. The first-order chi connectivity index (χ1) is 16.9. The normalized spacial score (nSPS) is 19.2. The van der Waals surface area contributed by atoms with E-state index < -0.39 is 0 Å². The van der Waals surface area contributed by atoms with Crippen LogP contribution in [0, 0.1) is 6.57 Å². The smallest absolute Gasteiger partial charge is 0.350 e. The predicted octanol–water partition coefficient (Wildman–Crippen LogP) is 4.74. The molecular formula is C25H29N9O. The van der Waals surface area contributed by atoms with Gasteiger partial charge in [-0.3, -0.25) is 9.47 Å². The second kappa shape index (κ2) is 10.1. The highest BCUT2D eigenvalue weighted by atomic mass is 16.1. The SMILES string of the molecule is [C-]#[N+]c1ccc2c(n1)c(N1C[C@@H](CC)N(C(C)c3ccc(CN=[N+]=[N-])cc3)C[C@@H]1C)nc(=O)n2C. The molecule has 0 amide bonds. The van der Waals surface area contributed by atoms with Gasteiger partial charge in [-0.15, -0.1) is 4.98 Å². The van der Waals surface area contributed by atoms with E-state index in [0.29, 0.717) is 29.9 Å². The van der Waals surface area contributed by atoms with E-state index in [1.165, 1.54) is 10.1 Å². The van der Waals surface area contributed by atoms with Gasteiger partial charge >= 0.3 is 5.69 Å². The minimum absolute atomic E-state index is 0.0886. The lowest BCUT2D eigenvalue weighted by atomic mass is 9.98. The fourth-order valence-corrected chi connectivity index (χ4v) is 4.86. The molecule has 1 saturated heterocycles. The number of fused-ring (bicyclic) bond motifs is 1. The highest BCUT2D eigenvalue weighted by Crippen LogP contribution is 2.33. The van der Waals surface area contributed by atoms with Crippen LogP contribution >= 0.6 is 0 Å². The number of benzene rings is 1. The number of hydrogen-bond acceptors (Lipinski definition) is 6. The molecule has 2 aromatic heterocycles. The Balaban J connectivity index is 1.65. The Hall–Kier alpha value is -3.93. The summed E-state index contributed by atoms with van der Waals surface area (Å²) < 4.78 is 1.48. The van der Waals surface area contributed by atoms with Crippen LogP contribution in [0.25, 0.3) is 26.3 Å². The van der Waals surface area contributed by atoms with Gasteiger partial charge in [0.25, 0.3) is 5.82 Å². The van der Waals surface area contributed by atoms with E-state index in [0.717, 1.165) is 18.5 Å². The molecule has 0 N–H and O–H groups in total. The highest BCUT2D eigenvalue weighted by molar-refractivity contribution is 5.87. The molecule has 3 heterocycles. The summed E-state index contributed by atoms with van der Waals surface area (Å²) in [6, 6.07) is 12.2. The van der Waals surface area contributed by atoms with Crippen LogP contribution in [0.15, 0.2) is 46.3 Å². The Morgan fingerprint density at radius 3 is 2.60 bits per heavy atom. The van der Waals surface area contributed by atoms with E-state index in [1.807, 2.05) is 12.1 Å². The molecule has 0 spiro atoms. The van der Waals surface area contributed by atoms with Crippen LogP contribution in [0.5, 0.6) is 0 Å². The number of anilines is 1. The molecule has 3 aromatic rings. The number of hydrogen-bond donors (Lipinski definition) is 0. The van der Waals surface area contributed by atoms with Gasteiger partial charge in [-0.1, -0.05) is 42.9 Å². The van der Waals surface area contributed by atoms with E-state index in [1.54, 1.807) is 19.2 Å². The topological polar surface area (TPSA) is 107 Å². The average Bonchev–Trinajstić information content (AvgIpc) is 2.89. The fourth-order valence-electron chi connectivity index (χ4n) is 4.86. The van der Waals surface area contributed by atoms with Gasteiger partial charge in [0.2, 0.25) is 5.52 Å². The van der Waals surface area contributed by atoms with Gasteiger partial charge in [-0.2, -0.15) is 4.98 Å². The summed E-state index contributed by atoms with van der Waals surface area (Å²) in [7, 11) is 1.68. The molecule has 1 fully saturated rings. The van der Waals surface area contributed by atoms with Gasteiger partial charge < -0.3 is 9.74 Å². The van der Waals surface area contributed by atoms with Crippen LogP contribution in [0.3, 0.4) is 0 Å². The Kier molecular flexibility index (Phi) is 7.01. The minimum Gasteiger partial charge on any atom is -0.361 e. The second-order valence-corrected chi connectivity index (χ2v) is 8.99. The van der Waals surface area contributed by atoms with Crippen molar-refractivity contribution in [3.05, 3.63) is 79.9 Å². The van der Waals surface area contributed by atoms with Crippen molar-refractivity contribution in [3.8, 4) is 0 Å². The van der Waals surface area contributed by atoms with Crippen molar-refractivity contribution < 1.29 is 0 Å². The molecule has 0 bridgehead atoms. The standard InChI is InChI=1S/C25H29N9O/c1-6-20-15-33(24-23-21(32(5)25(35)30-24)11-12-22(27-4)29-23)16(2)14-34(20)17(3)19-9-7-18(8-10-19)13-28-31-26/h7-12,16-17,20H,6,13-15H2,1-3,5H3/t16-,17?,20+/m0/s1. The number of aromatic nitrogens is 3. The largest absolute Gasteiger partial charge is 0.361 e. The van der Waals surface area contributed by atoms with Crippen LogP contribution in [0.2, 0.25) is 0 Å². The molecule has 1 aliphatic heterocycles. The van der Waals surface area contributed by atoms with Crippen LogP contribution in [0.1, 0.15) is 44.4 Å². The lowest BCUT2D eigenvalue weighted by Crippen LogP contribution is -2.58. The first-order valence-corrected chi connectivity index (χ1v) is 11.7. The zero-order valence-corrected chi connectivity index (χ0v) is 20.5. The molecule has 1 aliphatic rings. The molecule has 3 atom stereocenters. The van der Waals surface area contributed by atoms with Crippen molar-refractivity contribution >= 4 is 22.7 Å². The summed E-state index contributed by atoms with van der Waals surface area (Å²) in [5.74, 6) is 0.837. The van der Waals surface area contributed by atoms with Gasteiger partial charge in [-0.05, 0) is 49.1 Å². The maximum Gasteiger partial charge on any atom is 0.350 e. The number of aryl methyl sites for hydroxylation is 1. The summed E-state index contributed by atoms with van der Waals surface area (Å²) >= 11 is 0. The van der Waals surface area contributed by atoms with Gasteiger partial charge in [0, 0.05) is 43.2 Å². The third kappa shape index (κ3) is 4.69. The summed E-state index contributed by atoms with van der Waals surface area (Å²) in [6.45, 7) is 15.7. The van der Waals surface area contributed by atoms with Crippen LogP contribution in [-0.4, -0.2) is 44.6 Å².